The summed E-state index contributed by atoms with van der Waals surface area (Å²) >= 11 is 4.73. The number of fused-ring (bicyclic) bond motifs is 1. The van der Waals surface area contributed by atoms with Crippen LogP contribution in [-0.2, 0) is 9.47 Å². The first-order valence-electron chi connectivity index (χ1n) is 4.23. The van der Waals surface area contributed by atoms with Crippen molar-refractivity contribution in [2.45, 2.75) is 30.6 Å². The van der Waals surface area contributed by atoms with E-state index in [-0.39, 0.29) is 11.8 Å². The molecule has 2 saturated heterocycles. The molecule has 0 bridgehead atoms. The monoisotopic (exact) mass is 221 g/mol. The van der Waals surface area contributed by atoms with Crippen molar-refractivity contribution in [3.05, 3.63) is 0 Å². The molecule has 0 radical (unpaired) electrons. The van der Waals surface area contributed by atoms with Gasteiger partial charge < -0.3 is 30.1 Å². The molecule has 4 N–H and O–H groups in total. The lowest BCUT2D eigenvalue weighted by Gasteiger charge is -2.37. The van der Waals surface area contributed by atoms with Crippen LogP contribution in [0.5, 0.6) is 0 Å². The van der Waals surface area contributed by atoms with Crippen LogP contribution in [0.4, 0.5) is 0 Å². The van der Waals surface area contributed by atoms with Crippen molar-refractivity contribution in [2.75, 3.05) is 6.61 Å². The molecule has 2 aliphatic rings. The molecule has 0 aromatic rings. The Kier molecular flexibility index (Phi) is 2.58. The molecule has 7 heteroatoms. The molecule has 2 aliphatic heterocycles. The standard InChI is InChI=1S/C7H11NO5S/c9-1-2-3(10)4(11)5-6(12-2)8-7(14)13-5/h2-6,9-11H,1H2,(H,8,14)/t2-,3-,4+,5-,6-/m1/s1. The largest absolute Gasteiger partial charge is 0.460 e. The molecule has 6 nitrogen and oxygen atoms in total. The molecule has 0 saturated carbocycles. The third kappa shape index (κ3) is 1.47. The van der Waals surface area contributed by atoms with Crippen LogP contribution in [0.15, 0.2) is 0 Å². The van der Waals surface area contributed by atoms with Gasteiger partial charge >= 0.3 is 0 Å². The Morgan fingerprint density at radius 1 is 1.36 bits per heavy atom. The van der Waals surface area contributed by atoms with Gasteiger partial charge in [-0.15, -0.1) is 0 Å². The van der Waals surface area contributed by atoms with Gasteiger partial charge in [-0.05, 0) is 12.2 Å². The van der Waals surface area contributed by atoms with Crippen LogP contribution in [0.3, 0.4) is 0 Å². The van der Waals surface area contributed by atoms with E-state index in [1.165, 1.54) is 0 Å². The highest BCUT2D eigenvalue weighted by atomic mass is 32.1. The van der Waals surface area contributed by atoms with E-state index < -0.39 is 30.6 Å². The van der Waals surface area contributed by atoms with Gasteiger partial charge in [-0.3, -0.25) is 0 Å². The summed E-state index contributed by atoms with van der Waals surface area (Å²) in [6.07, 6.45) is -4.40. The van der Waals surface area contributed by atoms with Crippen molar-refractivity contribution in [3.63, 3.8) is 0 Å². The predicted octanol–water partition coefficient (Wildman–Crippen LogP) is -2.30. The van der Waals surface area contributed by atoms with Crippen molar-refractivity contribution in [1.82, 2.24) is 5.32 Å². The molecule has 0 spiro atoms. The summed E-state index contributed by atoms with van der Waals surface area (Å²) < 4.78 is 10.3. The third-order valence-corrected chi connectivity index (χ3v) is 2.58. The quantitative estimate of drug-likeness (QED) is 0.370. The Morgan fingerprint density at radius 2 is 2.07 bits per heavy atom. The highest BCUT2D eigenvalue weighted by Crippen LogP contribution is 2.25. The summed E-state index contributed by atoms with van der Waals surface area (Å²) in [6, 6.07) is 0. The minimum atomic E-state index is -1.16. The van der Waals surface area contributed by atoms with Crippen LogP contribution < -0.4 is 5.32 Å². The summed E-state index contributed by atoms with van der Waals surface area (Å²) in [5, 5.41) is 30.8. The number of aliphatic hydroxyl groups excluding tert-OH is 3. The number of rotatable bonds is 1. The molecular formula is C7H11NO5S. The molecule has 0 unspecified atom stereocenters. The third-order valence-electron chi connectivity index (χ3n) is 2.37. The molecule has 5 atom stereocenters. The molecule has 0 aromatic carbocycles. The molecule has 0 amide bonds. The van der Waals surface area contributed by atoms with Gasteiger partial charge in [-0.1, -0.05) is 0 Å². The van der Waals surface area contributed by atoms with Crippen molar-refractivity contribution >= 4 is 17.4 Å². The Labute approximate surface area is 85.4 Å². The number of thiocarbonyl (C=S) groups is 1. The second-order valence-electron chi connectivity index (χ2n) is 3.27. The fourth-order valence-electron chi connectivity index (χ4n) is 1.61. The Balaban J connectivity index is 2.13. The zero-order valence-corrected chi connectivity index (χ0v) is 7.98. The van der Waals surface area contributed by atoms with Crippen LogP contribution >= 0.6 is 12.2 Å². The summed E-state index contributed by atoms with van der Waals surface area (Å²) in [4.78, 5) is 0. The fraction of sp³-hybridized carbons (Fsp3) is 0.857. The topological polar surface area (TPSA) is 91.2 Å². The summed E-state index contributed by atoms with van der Waals surface area (Å²) in [7, 11) is 0. The highest BCUT2D eigenvalue weighted by Gasteiger charge is 2.49. The van der Waals surface area contributed by atoms with Gasteiger partial charge in [0.25, 0.3) is 5.17 Å². The number of hydrogen-bond donors (Lipinski definition) is 4. The van der Waals surface area contributed by atoms with E-state index in [0.717, 1.165) is 0 Å². The van der Waals surface area contributed by atoms with E-state index in [1.807, 2.05) is 0 Å². The zero-order chi connectivity index (χ0) is 10.3. The molecular weight excluding hydrogens is 210 g/mol. The lowest BCUT2D eigenvalue weighted by atomic mass is 9.99. The van der Waals surface area contributed by atoms with Crippen LogP contribution in [0.25, 0.3) is 0 Å². The van der Waals surface area contributed by atoms with Crippen LogP contribution in [0.2, 0.25) is 0 Å². The lowest BCUT2D eigenvalue weighted by Crippen LogP contribution is -2.59. The van der Waals surface area contributed by atoms with Gasteiger partial charge in [0.05, 0.1) is 6.61 Å². The molecule has 0 aromatic heterocycles. The number of ether oxygens (including phenoxy) is 2. The van der Waals surface area contributed by atoms with Gasteiger partial charge in [-0.25, -0.2) is 0 Å². The second-order valence-corrected chi connectivity index (χ2v) is 3.64. The van der Waals surface area contributed by atoms with Crippen LogP contribution in [0, 0.1) is 0 Å². The Bertz CT molecular complexity index is 250. The van der Waals surface area contributed by atoms with E-state index in [0.29, 0.717) is 0 Å². The van der Waals surface area contributed by atoms with Crippen molar-refractivity contribution in [1.29, 1.82) is 0 Å². The number of nitrogens with one attached hydrogen (secondary N) is 1. The van der Waals surface area contributed by atoms with Gasteiger partial charge in [0.1, 0.15) is 18.3 Å². The lowest BCUT2D eigenvalue weighted by molar-refractivity contribution is -0.214. The van der Waals surface area contributed by atoms with Crippen molar-refractivity contribution < 1.29 is 24.8 Å². The second kappa shape index (κ2) is 3.59. The molecule has 2 fully saturated rings. The zero-order valence-electron chi connectivity index (χ0n) is 7.16. The average Bonchev–Trinajstić information content (AvgIpc) is 2.52. The smallest absolute Gasteiger partial charge is 0.259 e. The number of aliphatic hydroxyl groups is 3. The SMILES string of the molecule is OC[C@H]1O[C@H]2NC(=S)O[C@@H]2[C@@H](O)[C@@H]1O. The van der Waals surface area contributed by atoms with E-state index in [2.05, 4.69) is 5.32 Å². The first-order valence-corrected chi connectivity index (χ1v) is 4.64. The minimum Gasteiger partial charge on any atom is -0.460 e. The summed E-state index contributed by atoms with van der Waals surface area (Å²) in [5.74, 6) is 0. The van der Waals surface area contributed by atoms with Crippen LogP contribution in [0.1, 0.15) is 0 Å². The van der Waals surface area contributed by atoms with Crippen molar-refractivity contribution in [3.8, 4) is 0 Å². The molecule has 80 valence electrons. The van der Waals surface area contributed by atoms with Gasteiger partial charge in [-0.2, -0.15) is 0 Å². The summed E-state index contributed by atoms with van der Waals surface area (Å²) in [5.41, 5.74) is 0. The van der Waals surface area contributed by atoms with Crippen LogP contribution in [-0.4, -0.2) is 57.7 Å². The van der Waals surface area contributed by atoms with Gasteiger partial charge in [0.15, 0.2) is 12.3 Å². The predicted molar refractivity (Wildman–Crippen MR) is 48.4 cm³/mol. The maximum absolute atomic E-state index is 9.60. The normalized spacial score (nSPS) is 46.8. The first-order chi connectivity index (χ1) is 6.63. The minimum absolute atomic E-state index is 0.129. The Hall–Kier alpha value is -0.470. The van der Waals surface area contributed by atoms with Gasteiger partial charge in [0.2, 0.25) is 0 Å². The molecule has 2 rings (SSSR count). The fourth-order valence-corrected chi connectivity index (χ4v) is 1.84. The van der Waals surface area contributed by atoms with E-state index in [1.54, 1.807) is 0 Å². The average molecular weight is 221 g/mol. The maximum atomic E-state index is 9.60. The first kappa shape index (κ1) is 10.1. The van der Waals surface area contributed by atoms with E-state index in [9.17, 15) is 10.2 Å². The summed E-state index contributed by atoms with van der Waals surface area (Å²) in [6.45, 7) is -0.365. The highest BCUT2D eigenvalue weighted by molar-refractivity contribution is 7.80. The van der Waals surface area contributed by atoms with E-state index in [4.69, 9.17) is 26.8 Å². The van der Waals surface area contributed by atoms with E-state index >= 15 is 0 Å². The number of hydrogen-bond acceptors (Lipinski definition) is 6. The van der Waals surface area contributed by atoms with Gasteiger partial charge in [0, 0.05) is 0 Å². The molecule has 14 heavy (non-hydrogen) atoms. The Morgan fingerprint density at radius 3 is 2.71 bits per heavy atom. The molecule has 0 aliphatic carbocycles. The molecule has 2 heterocycles. The van der Waals surface area contributed by atoms with Crippen molar-refractivity contribution in [2.24, 2.45) is 0 Å². The maximum Gasteiger partial charge on any atom is 0.259 e.